The number of hydrogen-bond acceptors (Lipinski definition) is 5. The second-order valence-corrected chi connectivity index (χ2v) is 7.73. The molecule has 2 aromatic rings. The fourth-order valence-electron chi connectivity index (χ4n) is 3.22. The fourth-order valence-corrected chi connectivity index (χ4v) is 3.22. The second kappa shape index (κ2) is 7.53. The van der Waals surface area contributed by atoms with E-state index in [2.05, 4.69) is 5.32 Å². The highest BCUT2D eigenvalue weighted by Gasteiger charge is 2.30. The van der Waals surface area contributed by atoms with Gasteiger partial charge in [0.05, 0.1) is 12.7 Å². The second-order valence-electron chi connectivity index (χ2n) is 7.73. The normalized spacial score (nSPS) is 13.6. The van der Waals surface area contributed by atoms with Crippen molar-refractivity contribution >= 4 is 23.5 Å². The van der Waals surface area contributed by atoms with Crippen molar-refractivity contribution in [3.63, 3.8) is 0 Å². The highest BCUT2D eigenvalue weighted by atomic mass is 16.6. The average Bonchev–Trinajstić information content (AvgIpc) is 3.12. The van der Waals surface area contributed by atoms with Crippen molar-refractivity contribution in [1.29, 1.82) is 0 Å². The molecule has 0 bridgehead atoms. The van der Waals surface area contributed by atoms with Crippen molar-refractivity contribution in [2.75, 3.05) is 20.2 Å². The average molecular weight is 387 g/mol. The maximum atomic E-state index is 12.8. The van der Waals surface area contributed by atoms with E-state index in [1.807, 2.05) is 26.8 Å². The molecule has 0 unspecified atom stereocenters. The first-order valence-electron chi connectivity index (χ1n) is 9.18. The zero-order valence-corrected chi connectivity index (χ0v) is 16.6. The Morgan fingerprint density at radius 2 is 2.00 bits per heavy atom. The molecule has 1 aliphatic rings. The van der Waals surface area contributed by atoms with Gasteiger partial charge in [-0.1, -0.05) is 0 Å². The maximum absolute atomic E-state index is 12.8. The summed E-state index contributed by atoms with van der Waals surface area (Å²) >= 11 is 0. The van der Waals surface area contributed by atoms with Crippen LogP contribution in [0, 0.1) is 0 Å². The first-order valence-corrected chi connectivity index (χ1v) is 9.18. The number of carbonyl (C=O) groups excluding carboxylic acids is 3. The number of methoxy groups -OCH3 is 1. The molecule has 8 heteroatoms. The van der Waals surface area contributed by atoms with Crippen LogP contribution in [-0.4, -0.2) is 53.1 Å². The molecule has 0 atom stereocenters. The Morgan fingerprint density at radius 3 is 2.68 bits per heavy atom. The summed E-state index contributed by atoms with van der Waals surface area (Å²) in [4.78, 5) is 37.8. The van der Waals surface area contributed by atoms with E-state index in [1.54, 1.807) is 27.6 Å². The summed E-state index contributed by atoms with van der Waals surface area (Å²) in [6, 6.07) is 5.27. The van der Waals surface area contributed by atoms with Crippen LogP contribution in [0.3, 0.4) is 0 Å². The van der Waals surface area contributed by atoms with Crippen LogP contribution >= 0.6 is 0 Å². The number of esters is 1. The summed E-state index contributed by atoms with van der Waals surface area (Å²) in [5, 5.41) is 2.70. The highest BCUT2D eigenvalue weighted by molar-refractivity contribution is 5.99. The highest BCUT2D eigenvalue weighted by Crippen LogP contribution is 2.27. The van der Waals surface area contributed by atoms with Gasteiger partial charge in [-0.3, -0.25) is 4.79 Å². The zero-order chi connectivity index (χ0) is 20.5. The van der Waals surface area contributed by atoms with E-state index in [1.165, 1.54) is 7.11 Å². The van der Waals surface area contributed by atoms with Gasteiger partial charge in [-0.2, -0.15) is 0 Å². The molecule has 0 fully saturated rings. The number of nitrogens with one attached hydrogen (secondary N) is 1. The maximum Gasteiger partial charge on any atom is 0.407 e. The largest absolute Gasteiger partial charge is 0.465 e. The van der Waals surface area contributed by atoms with Crippen molar-refractivity contribution < 1.29 is 23.9 Å². The topological polar surface area (TPSA) is 89.3 Å². The molecule has 28 heavy (non-hydrogen) atoms. The van der Waals surface area contributed by atoms with Gasteiger partial charge in [0.15, 0.2) is 0 Å². The molecule has 2 amide bonds. The number of nitrogens with zero attached hydrogens (tertiary/aromatic N) is 2. The standard InChI is InChI=1S/C20H25N3O5/c1-20(2,3)28-19(26)21-7-5-8-22-12-14-11-15-10-13(18(25)27-4)6-9-23(15)16(14)17(22)24/h6,9-11H,5,7-8,12H2,1-4H3,(H,21,26). The first kappa shape index (κ1) is 19.7. The third-order valence-electron chi connectivity index (χ3n) is 4.40. The van der Waals surface area contributed by atoms with E-state index in [0.29, 0.717) is 37.3 Å². The monoisotopic (exact) mass is 387 g/mol. The minimum absolute atomic E-state index is 0.0573. The van der Waals surface area contributed by atoms with Gasteiger partial charge in [-0.25, -0.2) is 9.59 Å². The molecular formula is C20H25N3O5. The molecule has 150 valence electrons. The summed E-state index contributed by atoms with van der Waals surface area (Å²) in [6.07, 6.45) is 1.89. The molecule has 0 aliphatic carbocycles. The number of fused-ring (bicyclic) bond motifs is 3. The van der Waals surface area contributed by atoms with E-state index < -0.39 is 17.7 Å². The van der Waals surface area contributed by atoms with Crippen molar-refractivity contribution in [2.45, 2.75) is 39.3 Å². The lowest BCUT2D eigenvalue weighted by Gasteiger charge is -2.20. The molecule has 1 N–H and O–H groups in total. The van der Waals surface area contributed by atoms with Gasteiger partial charge in [-0.15, -0.1) is 0 Å². The van der Waals surface area contributed by atoms with E-state index in [9.17, 15) is 14.4 Å². The van der Waals surface area contributed by atoms with Gasteiger partial charge in [0.25, 0.3) is 5.91 Å². The van der Waals surface area contributed by atoms with Crippen LogP contribution in [0.1, 0.15) is 53.6 Å². The van der Waals surface area contributed by atoms with Crippen LogP contribution in [-0.2, 0) is 16.0 Å². The Balaban J connectivity index is 1.59. The van der Waals surface area contributed by atoms with E-state index in [-0.39, 0.29) is 5.91 Å². The Hall–Kier alpha value is -3.03. The Kier molecular flexibility index (Phi) is 5.31. The summed E-state index contributed by atoms with van der Waals surface area (Å²) in [5.41, 5.74) is 2.24. The van der Waals surface area contributed by atoms with Gasteiger partial charge < -0.3 is 24.1 Å². The number of alkyl carbamates (subject to hydrolysis) is 1. The third kappa shape index (κ3) is 4.11. The summed E-state index contributed by atoms with van der Waals surface area (Å²) in [5.74, 6) is -0.465. The van der Waals surface area contributed by atoms with Gasteiger partial charge in [-0.05, 0) is 45.4 Å². The van der Waals surface area contributed by atoms with E-state index in [0.717, 1.165) is 11.1 Å². The van der Waals surface area contributed by atoms with Crippen molar-refractivity contribution in [2.24, 2.45) is 0 Å². The fraction of sp³-hybridized carbons (Fsp3) is 0.450. The smallest absolute Gasteiger partial charge is 0.407 e. The Bertz CT molecular complexity index is 926. The van der Waals surface area contributed by atoms with Crippen LogP contribution in [0.2, 0.25) is 0 Å². The predicted molar refractivity (Wildman–Crippen MR) is 102 cm³/mol. The molecule has 2 aromatic heterocycles. The molecule has 3 heterocycles. The summed E-state index contributed by atoms with van der Waals surface area (Å²) in [7, 11) is 1.34. The SMILES string of the molecule is COC(=O)c1ccn2c3c(cc2c1)CN(CCCNC(=O)OC(C)(C)C)C3=O. The van der Waals surface area contributed by atoms with Crippen molar-refractivity contribution in [1.82, 2.24) is 14.6 Å². The molecule has 0 aromatic carbocycles. The molecule has 0 saturated heterocycles. The first-order chi connectivity index (χ1) is 13.2. The van der Waals surface area contributed by atoms with Crippen molar-refractivity contribution in [3.8, 4) is 0 Å². The number of carbonyl (C=O) groups is 3. The van der Waals surface area contributed by atoms with Crippen molar-refractivity contribution in [3.05, 3.63) is 41.2 Å². The molecule has 0 saturated carbocycles. The lowest BCUT2D eigenvalue weighted by molar-refractivity contribution is 0.0524. The van der Waals surface area contributed by atoms with Crippen LogP contribution in [0.15, 0.2) is 24.4 Å². The number of rotatable bonds is 5. The van der Waals surface area contributed by atoms with Crippen LogP contribution < -0.4 is 5.32 Å². The van der Waals surface area contributed by atoms with Crippen LogP contribution in [0.5, 0.6) is 0 Å². The Morgan fingerprint density at radius 1 is 1.25 bits per heavy atom. The lowest BCUT2D eigenvalue weighted by Crippen LogP contribution is -2.34. The lowest BCUT2D eigenvalue weighted by atomic mass is 10.2. The van der Waals surface area contributed by atoms with E-state index >= 15 is 0 Å². The number of aromatic nitrogens is 1. The van der Waals surface area contributed by atoms with Gasteiger partial charge >= 0.3 is 12.1 Å². The summed E-state index contributed by atoms with van der Waals surface area (Å²) < 4.78 is 11.7. The molecule has 3 rings (SSSR count). The summed E-state index contributed by atoms with van der Waals surface area (Å²) in [6.45, 7) is 6.90. The minimum atomic E-state index is -0.534. The molecule has 1 aliphatic heterocycles. The van der Waals surface area contributed by atoms with Gasteiger partial charge in [0.2, 0.25) is 0 Å². The zero-order valence-electron chi connectivity index (χ0n) is 16.6. The number of amides is 2. The molecule has 8 nitrogen and oxygen atoms in total. The molecular weight excluding hydrogens is 362 g/mol. The molecule has 0 spiro atoms. The van der Waals surface area contributed by atoms with Crippen LogP contribution in [0.4, 0.5) is 4.79 Å². The van der Waals surface area contributed by atoms with Gasteiger partial charge in [0, 0.05) is 36.9 Å². The Labute approximate surface area is 163 Å². The minimum Gasteiger partial charge on any atom is -0.465 e. The number of pyridine rings is 1. The van der Waals surface area contributed by atoms with Gasteiger partial charge in [0.1, 0.15) is 11.3 Å². The van der Waals surface area contributed by atoms with Crippen LogP contribution in [0.25, 0.3) is 5.52 Å². The predicted octanol–water partition coefficient (Wildman–Crippen LogP) is 2.60. The van der Waals surface area contributed by atoms with E-state index in [4.69, 9.17) is 9.47 Å². The molecule has 0 radical (unpaired) electrons. The quantitative estimate of drug-likeness (QED) is 0.629. The number of ether oxygens (including phenoxy) is 2. The number of hydrogen-bond donors (Lipinski definition) is 1. The third-order valence-corrected chi connectivity index (χ3v) is 4.40.